The first-order chi connectivity index (χ1) is 9.95. The Balaban J connectivity index is 1.78. The molecule has 0 bridgehead atoms. The van der Waals surface area contributed by atoms with Crippen LogP contribution in [0.4, 0.5) is 0 Å². The van der Waals surface area contributed by atoms with E-state index in [2.05, 4.69) is 37.4 Å². The predicted molar refractivity (Wildman–Crippen MR) is 80.3 cm³/mol. The maximum absolute atomic E-state index is 12.2. The van der Waals surface area contributed by atoms with E-state index in [0.29, 0.717) is 17.8 Å². The number of allylic oxidation sites excluding steroid dienone is 6. The third-order valence-corrected chi connectivity index (χ3v) is 6.51. The van der Waals surface area contributed by atoms with Gasteiger partial charge < -0.3 is 5.32 Å². The van der Waals surface area contributed by atoms with E-state index in [1.54, 1.807) is 12.2 Å². The lowest BCUT2D eigenvalue weighted by Crippen LogP contribution is -2.48. The summed E-state index contributed by atoms with van der Waals surface area (Å²) in [7, 11) is 0. The summed E-state index contributed by atoms with van der Waals surface area (Å²) in [5, 5.41) is 3.07. The minimum Gasteiger partial charge on any atom is -0.355 e. The number of fused-ring (bicyclic) bond motifs is 5. The van der Waals surface area contributed by atoms with Crippen LogP contribution >= 0.6 is 0 Å². The number of amides is 1. The van der Waals surface area contributed by atoms with Crippen molar-refractivity contribution in [3.63, 3.8) is 0 Å². The third-order valence-electron chi connectivity index (χ3n) is 6.51. The number of hydrogen-bond donors (Lipinski definition) is 1. The number of nitrogens with one attached hydrogen (secondary N) is 1. The lowest BCUT2D eigenvalue weighted by atomic mass is 9.50. The van der Waals surface area contributed by atoms with E-state index in [9.17, 15) is 9.59 Å². The number of ketones is 1. The Morgan fingerprint density at radius 3 is 2.81 bits per heavy atom. The monoisotopic (exact) mass is 283 g/mol. The Kier molecular flexibility index (Phi) is 2.46. The molecule has 1 saturated heterocycles. The molecule has 0 aromatic heterocycles. The van der Waals surface area contributed by atoms with E-state index in [1.165, 1.54) is 0 Å². The summed E-state index contributed by atoms with van der Waals surface area (Å²) in [6, 6.07) is 0. The largest absolute Gasteiger partial charge is 0.355 e. The van der Waals surface area contributed by atoms with Crippen molar-refractivity contribution in [3.05, 3.63) is 36.0 Å². The molecule has 1 N–H and O–H groups in total. The van der Waals surface area contributed by atoms with Crippen molar-refractivity contribution in [2.24, 2.45) is 28.6 Å². The highest BCUT2D eigenvalue weighted by Gasteiger charge is 2.57. The van der Waals surface area contributed by atoms with E-state index in [0.717, 1.165) is 25.0 Å². The van der Waals surface area contributed by atoms with Gasteiger partial charge in [-0.3, -0.25) is 9.59 Å². The van der Waals surface area contributed by atoms with Crippen LogP contribution < -0.4 is 5.32 Å². The number of rotatable bonds is 0. The molecule has 4 rings (SSSR count). The lowest BCUT2D eigenvalue weighted by Gasteiger charge is -2.52. The quantitative estimate of drug-likeness (QED) is 0.742. The van der Waals surface area contributed by atoms with E-state index in [1.807, 2.05) is 0 Å². The minimum atomic E-state index is -0.211. The van der Waals surface area contributed by atoms with Gasteiger partial charge in [-0.05, 0) is 48.3 Å². The zero-order valence-electron chi connectivity index (χ0n) is 12.6. The molecule has 1 saturated carbocycles. The van der Waals surface area contributed by atoms with Crippen molar-refractivity contribution in [1.29, 1.82) is 0 Å². The van der Waals surface area contributed by atoms with Gasteiger partial charge in [0.15, 0.2) is 5.78 Å². The van der Waals surface area contributed by atoms with Crippen LogP contribution in [0.1, 0.15) is 26.7 Å². The van der Waals surface area contributed by atoms with Gasteiger partial charge in [-0.1, -0.05) is 32.1 Å². The van der Waals surface area contributed by atoms with Crippen LogP contribution in [-0.2, 0) is 9.59 Å². The van der Waals surface area contributed by atoms with Crippen LogP contribution in [0.25, 0.3) is 0 Å². The molecule has 0 spiro atoms. The molecule has 1 heterocycles. The lowest BCUT2D eigenvalue weighted by molar-refractivity contribution is -0.131. The van der Waals surface area contributed by atoms with Crippen molar-refractivity contribution in [2.45, 2.75) is 26.7 Å². The molecular formula is C18H21NO2. The smallest absolute Gasteiger partial charge is 0.226 e. The summed E-state index contributed by atoms with van der Waals surface area (Å²) in [5.41, 5.74) is 0.870. The fraction of sp³-hybridized carbons (Fsp3) is 0.556. The summed E-state index contributed by atoms with van der Waals surface area (Å²) in [6.45, 7) is 5.16. The second kappa shape index (κ2) is 3.96. The van der Waals surface area contributed by atoms with Crippen LogP contribution in [0.3, 0.4) is 0 Å². The van der Waals surface area contributed by atoms with Gasteiger partial charge in [-0.2, -0.15) is 0 Å². The fourth-order valence-corrected chi connectivity index (χ4v) is 5.04. The van der Waals surface area contributed by atoms with Gasteiger partial charge >= 0.3 is 0 Å². The van der Waals surface area contributed by atoms with Gasteiger partial charge in [0.25, 0.3) is 0 Å². The molecule has 5 atom stereocenters. The van der Waals surface area contributed by atoms with Gasteiger partial charge in [0.05, 0.1) is 5.41 Å². The standard InChI is InChI=1S/C18H21NO2/c1-17-7-5-12(20)9-11(17)3-4-13-14(17)6-8-18(2)15(13)10-19-16(18)21/h3-5,7,9,13-15H,6,8,10H2,1-2H3,(H,19,21)/t13-,14+,15+,17+,18+/m1/s1. The Morgan fingerprint density at radius 2 is 2.00 bits per heavy atom. The topological polar surface area (TPSA) is 46.2 Å². The van der Waals surface area contributed by atoms with Crippen LogP contribution in [0.2, 0.25) is 0 Å². The summed E-state index contributed by atoms with van der Waals surface area (Å²) in [4.78, 5) is 23.9. The van der Waals surface area contributed by atoms with Crippen molar-refractivity contribution in [1.82, 2.24) is 5.32 Å². The molecule has 3 nitrogen and oxygen atoms in total. The first-order valence-corrected chi connectivity index (χ1v) is 7.87. The number of hydrogen-bond acceptors (Lipinski definition) is 2. The Bertz CT molecular complexity index is 629. The highest BCUT2D eigenvalue weighted by Crippen LogP contribution is 2.59. The highest BCUT2D eigenvalue weighted by molar-refractivity contribution is 6.01. The maximum Gasteiger partial charge on any atom is 0.226 e. The molecule has 0 aromatic rings. The summed E-state index contributed by atoms with van der Waals surface area (Å²) in [6.07, 6.45) is 12.0. The van der Waals surface area contributed by atoms with Gasteiger partial charge in [0.1, 0.15) is 0 Å². The molecule has 0 radical (unpaired) electrons. The highest BCUT2D eigenvalue weighted by atomic mass is 16.2. The van der Waals surface area contributed by atoms with Gasteiger partial charge in [0, 0.05) is 12.0 Å². The van der Waals surface area contributed by atoms with Crippen LogP contribution in [0.15, 0.2) is 36.0 Å². The normalized spacial score (nSPS) is 47.3. The van der Waals surface area contributed by atoms with E-state index in [4.69, 9.17) is 0 Å². The Labute approximate surface area is 125 Å². The van der Waals surface area contributed by atoms with E-state index < -0.39 is 0 Å². The minimum absolute atomic E-state index is 0.0553. The number of carbonyl (C=O) groups is 2. The summed E-state index contributed by atoms with van der Waals surface area (Å²) >= 11 is 0. The Morgan fingerprint density at radius 1 is 1.19 bits per heavy atom. The second-order valence-electron chi connectivity index (χ2n) is 7.43. The van der Waals surface area contributed by atoms with Gasteiger partial charge in [0.2, 0.25) is 5.91 Å². The van der Waals surface area contributed by atoms with Crippen molar-refractivity contribution in [3.8, 4) is 0 Å². The molecule has 2 fully saturated rings. The molecule has 0 unspecified atom stereocenters. The molecule has 21 heavy (non-hydrogen) atoms. The average molecular weight is 283 g/mol. The van der Waals surface area contributed by atoms with Crippen LogP contribution in [0.5, 0.6) is 0 Å². The average Bonchev–Trinajstić information content (AvgIpc) is 2.76. The third kappa shape index (κ3) is 1.55. The van der Waals surface area contributed by atoms with E-state index in [-0.39, 0.29) is 22.5 Å². The van der Waals surface area contributed by atoms with Crippen molar-refractivity contribution in [2.75, 3.05) is 6.54 Å². The summed E-state index contributed by atoms with van der Waals surface area (Å²) < 4.78 is 0. The molecular weight excluding hydrogens is 262 g/mol. The van der Waals surface area contributed by atoms with E-state index >= 15 is 0 Å². The molecule has 4 aliphatic rings. The molecule has 1 amide bonds. The molecule has 110 valence electrons. The zero-order chi connectivity index (χ0) is 14.8. The van der Waals surface area contributed by atoms with Crippen molar-refractivity contribution >= 4 is 11.7 Å². The predicted octanol–water partition coefficient (Wildman–Crippen LogP) is 2.41. The first kappa shape index (κ1) is 13.1. The Hall–Kier alpha value is -1.64. The van der Waals surface area contributed by atoms with Crippen molar-refractivity contribution < 1.29 is 9.59 Å². The maximum atomic E-state index is 12.2. The molecule has 1 aliphatic heterocycles. The number of carbonyl (C=O) groups excluding carboxylic acids is 2. The van der Waals surface area contributed by atoms with Crippen LogP contribution in [-0.4, -0.2) is 18.2 Å². The summed E-state index contributed by atoms with van der Waals surface area (Å²) in [5.74, 6) is 1.60. The first-order valence-electron chi connectivity index (χ1n) is 7.87. The van der Waals surface area contributed by atoms with Gasteiger partial charge in [-0.15, -0.1) is 0 Å². The van der Waals surface area contributed by atoms with Crippen LogP contribution in [0, 0.1) is 28.6 Å². The fourth-order valence-electron chi connectivity index (χ4n) is 5.04. The van der Waals surface area contributed by atoms with Gasteiger partial charge in [-0.25, -0.2) is 0 Å². The molecule has 3 heteroatoms. The molecule has 0 aromatic carbocycles. The second-order valence-corrected chi connectivity index (χ2v) is 7.43. The zero-order valence-corrected chi connectivity index (χ0v) is 12.6. The molecule has 3 aliphatic carbocycles. The SMILES string of the molecule is C[C@]12C=CC(=O)C=C1C=C[C@@H]1[C@@H]2CC[C@]2(C)C(=O)NC[C@@H]12.